The summed E-state index contributed by atoms with van der Waals surface area (Å²) in [5, 5.41) is 4.38. The minimum absolute atomic E-state index is 0.0316. The van der Waals surface area contributed by atoms with Gasteiger partial charge in [-0.25, -0.2) is 9.50 Å². The molecule has 0 bridgehead atoms. The lowest BCUT2D eigenvalue weighted by atomic mass is 9.93. The maximum Gasteiger partial charge on any atom is 0.274 e. The Morgan fingerprint density at radius 2 is 2.20 bits per heavy atom. The number of aromatic nitrogens is 3. The van der Waals surface area contributed by atoms with E-state index >= 15 is 0 Å². The van der Waals surface area contributed by atoms with Crippen molar-refractivity contribution in [3.8, 4) is 5.75 Å². The fourth-order valence-electron chi connectivity index (χ4n) is 3.30. The first kappa shape index (κ1) is 16.1. The van der Waals surface area contributed by atoms with Crippen molar-refractivity contribution in [3.05, 3.63) is 58.0 Å². The molecular formula is C18H17BrN4O2. The molecule has 1 atom stereocenters. The zero-order chi connectivity index (χ0) is 17.6. The minimum atomic E-state index is -0.0809. The van der Waals surface area contributed by atoms with Crippen LogP contribution in [0.4, 0.5) is 0 Å². The van der Waals surface area contributed by atoms with Crippen molar-refractivity contribution in [2.24, 2.45) is 0 Å². The van der Waals surface area contributed by atoms with E-state index in [0.717, 1.165) is 22.2 Å². The molecule has 0 saturated heterocycles. The monoisotopic (exact) mass is 400 g/mol. The summed E-state index contributed by atoms with van der Waals surface area (Å²) >= 11 is 3.37. The molecule has 1 aromatic carbocycles. The second kappa shape index (κ2) is 6.15. The first-order chi connectivity index (χ1) is 12.1. The quantitative estimate of drug-likeness (QED) is 0.662. The number of carbonyl (C=O) groups is 1. The van der Waals surface area contributed by atoms with Crippen molar-refractivity contribution in [2.75, 3.05) is 13.7 Å². The maximum absolute atomic E-state index is 13.0. The summed E-state index contributed by atoms with van der Waals surface area (Å²) in [6.45, 7) is 2.71. The summed E-state index contributed by atoms with van der Waals surface area (Å²) < 4.78 is 7.76. The molecule has 0 aliphatic carbocycles. The third kappa shape index (κ3) is 2.78. The second-order valence-corrected chi connectivity index (χ2v) is 7.01. The molecule has 1 amide bonds. The summed E-state index contributed by atoms with van der Waals surface area (Å²) in [5.74, 6) is 0.726. The number of rotatable bonds is 2. The number of hydrogen-bond acceptors (Lipinski definition) is 4. The standard InChI is InChI=1S/C18H17BrN4O2/c1-11-15-7-14(25-2)4-3-12(15)5-6-22(11)18(24)16-8-17-20-9-13(19)10-23(17)21-16/h3-4,7-11H,5-6H2,1-2H3. The summed E-state index contributed by atoms with van der Waals surface area (Å²) in [6, 6.07) is 7.76. The summed E-state index contributed by atoms with van der Waals surface area (Å²) in [5.41, 5.74) is 3.45. The van der Waals surface area contributed by atoms with Gasteiger partial charge in [0, 0.05) is 25.0 Å². The predicted molar refractivity (Wildman–Crippen MR) is 96.8 cm³/mol. The maximum atomic E-state index is 13.0. The van der Waals surface area contributed by atoms with Gasteiger partial charge in [-0.3, -0.25) is 4.79 Å². The Balaban J connectivity index is 1.67. The van der Waals surface area contributed by atoms with Gasteiger partial charge in [0.2, 0.25) is 0 Å². The van der Waals surface area contributed by atoms with Crippen molar-refractivity contribution in [2.45, 2.75) is 19.4 Å². The Kier molecular flexibility index (Phi) is 3.95. The van der Waals surface area contributed by atoms with Gasteiger partial charge < -0.3 is 9.64 Å². The molecule has 4 rings (SSSR count). The highest BCUT2D eigenvalue weighted by Crippen LogP contribution is 2.33. The molecule has 3 aromatic rings. The highest BCUT2D eigenvalue weighted by molar-refractivity contribution is 9.10. The highest BCUT2D eigenvalue weighted by atomic mass is 79.9. The molecule has 6 nitrogen and oxygen atoms in total. The van der Waals surface area contributed by atoms with Crippen LogP contribution in [0.15, 0.2) is 41.1 Å². The molecule has 2 aromatic heterocycles. The van der Waals surface area contributed by atoms with E-state index < -0.39 is 0 Å². The van der Waals surface area contributed by atoms with E-state index in [0.29, 0.717) is 17.9 Å². The van der Waals surface area contributed by atoms with Gasteiger partial charge in [0.15, 0.2) is 11.3 Å². The largest absolute Gasteiger partial charge is 0.497 e. The van der Waals surface area contributed by atoms with Crippen LogP contribution in [0.5, 0.6) is 5.75 Å². The van der Waals surface area contributed by atoms with Gasteiger partial charge in [-0.15, -0.1) is 0 Å². The smallest absolute Gasteiger partial charge is 0.274 e. The van der Waals surface area contributed by atoms with Crippen molar-refractivity contribution < 1.29 is 9.53 Å². The van der Waals surface area contributed by atoms with Crippen LogP contribution in [0.25, 0.3) is 5.65 Å². The number of nitrogens with zero attached hydrogens (tertiary/aromatic N) is 4. The van der Waals surface area contributed by atoms with Crippen LogP contribution >= 0.6 is 15.9 Å². The molecule has 1 aliphatic rings. The fraction of sp³-hybridized carbons (Fsp3) is 0.278. The van der Waals surface area contributed by atoms with Crippen molar-refractivity contribution in [1.82, 2.24) is 19.5 Å². The van der Waals surface area contributed by atoms with Crippen molar-refractivity contribution >= 4 is 27.5 Å². The lowest BCUT2D eigenvalue weighted by Gasteiger charge is -2.35. The Morgan fingerprint density at radius 1 is 1.36 bits per heavy atom. The Hall–Kier alpha value is -2.41. The molecule has 3 heterocycles. The van der Waals surface area contributed by atoms with Crippen LogP contribution in [0.3, 0.4) is 0 Å². The van der Waals surface area contributed by atoms with Crippen LogP contribution in [0.1, 0.15) is 34.6 Å². The lowest BCUT2D eigenvalue weighted by Crippen LogP contribution is -2.39. The normalized spacial score (nSPS) is 16.8. The molecule has 7 heteroatoms. The van der Waals surface area contributed by atoms with Gasteiger partial charge in [-0.2, -0.15) is 5.10 Å². The van der Waals surface area contributed by atoms with E-state index in [9.17, 15) is 4.79 Å². The number of ether oxygens (including phenoxy) is 1. The third-order valence-electron chi connectivity index (χ3n) is 4.65. The first-order valence-corrected chi connectivity index (χ1v) is 8.85. The van der Waals surface area contributed by atoms with Gasteiger partial charge in [-0.05, 0) is 52.5 Å². The Bertz CT molecular complexity index is 969. The van der Waals surface area contributed by atoms with E-state index in [1.165, 1.54) is 5.56 Å². The number of methoxy groups -OCH3 is 1. The molecule has 1 aliphatic heterocycles. The molecule has 1 unspecified atom stereocenters. The Labute approximate surface area is 153 Å². The Morgan fingerprint density at radius 3 is 3.00 bits per heavy atom. The number of fused-ring (bicyclic) bond motifs is 2. The number of halogens is 1. The molecule has 0 spiro atoms. The average Bonchev–Trinajstić information content (AvgIpc) is 3.04. The molecule has 0 fully saturated rings. The highest BCUT2D eigenvalue weighted by Gasteiger charge is 2.30. The summed E-state index contributed by atoms with van der Waals surface area (Å²) in [4.78, 5) is 19.1. The molecule has 0 radical (unpaired) electrons. The van der Waals surface area contributed by atoms with Crippen LogP contribution < -0.4 is 4.74 Å². The predicted octanol–water partition coefficient (Wildman–Crippen LogP) is 3.26. The van der Waals surface area contributed by atoms with Crippen LogP contribution in [-0.4, -0.2) is 39.1 Å². The number of amides is 1. The number of benzene rings is 1. The van der Waals surface area contributed by atoms with Crippen LogP contribution in [0, 0.1) is 0 Å². The molecule has 128 valence electrons. The number of hydrogen-bond donors (Lipinski definition) is 0. The van der Waals surface area contributed by atoms with Crippen molar-refractivity contribution in [1.29, 1.82) is 0 Å². The summed E-state index contributed by atoms with van der Waals surface area (Å²) in [6.07, 6.45) is 4.31. The van der Waals surface area contributed by atoms with Crippen LogP contribution in [-0.2, 0) is 6.42 Å². The minimum Gasteiger partial charge on any atom is -0.497 e. The average molecular weight is 401 g/mol. The van der Waals surface area contributed by atoms with Gasteiger partial charge in [0.1, 0.15) is 5.75 Å². The van der Waals surface area contributed by atoms with Gasteiger partial charge in [-0.1, -0.05) is 6.07 Å². The number of carbonyl (C=O) groups excluding carboxylic acids is 1. The van der Waals surface area contributed by atoms with Crippen molar-refractivity contribution in [3.63, 3.8) is 0 Å². The van der Waals surface area contributed by atoms with Gasteiger partial charge >= 0.3 is 0 Å². The zero-order valence-corrected chi connectivity index (χ0v) is 15.5. The van der Waals surface area contributed by atoms with E-state index in [2.05, 4.69) is 32.1 Å². The van der Waals surface area contributed by atoms with E-state index in [1.807, 2.05) is 24.0 Å². The third-order valence-corrected chi connectivity index (χ3v) is 5.06. The summed E-state index contributed by atoms with van der Waals surface area (Å²) in [7, 11) is 1.65. The molecule has 0 N–H and O–H groups in total. The topological polar surface area (TPSA) is 59.7 Å². The van der Waals surface area contributed by atoms with E-state index in [4.69, 9.17) is 4.74 Å². The molecule has 0 saturated carbocycles. The second-order valence-electron chi connectivity index (χ2n) is 6.09. The lowest BCUT2D eigenvalue weighted by molar-refractivity contribution is 0.0671. The molecule has 25 heavy (non-hydrogen) atoms. The molecular weight excluding hydrogens is 384 g/mol. The van der Waals surface area contributed by atoms with E-state index in [-0.39, 0.29) is 11.9 Å². The van der Waals surface area contributed by atoms with Crippen LogP contribution in [0.2, 0.25) is 0 Å². The zero-order valence-electron chi connectivity index (χ0n) is 13.9. The van der Waals surface area contributed by atoms with Gasteiger partial charge in [0.25, 0.3) is 5.91 Å². The fourth-order valence-corrected chi connectivity index (χ4v) is 3.60. The van der Waals surface area contributed by atoms with Gasteiger partial charge in [0.05, 0.1) is 17.6 Å². The SMILES string of the molecule is COc1ccc2c(c1)C(C)N(C(=O)c1cc3ncc(Br)cn3n1)CC2. The van der Waals surface area contributed by atoms with E-state index in [1.54, 1.807) is 30.1 Å². The first-order valence-electron chi connectivity index (χ1n) is 8.05.